The van der Waals surface area contributed by atoms with Crippen molar-refractivity contribution in [2.75, 3.05) is 6.54 Å². The summed E-state index contributed by atoms with van der Waals surface area (Å²) >= 11 is 0. The van der Waals surface area contributed by atoms with Crippen molar-refractivity contribution in [3.8, 4) is 6.07 Å². The van der Waals surface area contributed by atoms with Crippen molar-refractivity contribution in [3.63, 3.8) is 0 Å². The van der Waals surface area contributed by atoms with Crippen LogP contribution < -0.4 is 4.72 Å². The molecule has 0 spiro atoms. The van der Waals surface area contributed by atoms with Gasteiger partial charge >= 0.3 is 0 Å². The summed E-state index contributed by atoms with van der Waals surface area (Å²) in [5.41, 5.74) is 0.0449. The van der Waals surface area contributed by atoms with Crippen LogP contribution >= 0.6 is 0 Å². The first kappa shape index (κ1) is 17.6. The van der Waals surface area contributed by atoms with E-state index in [2.05, 4.69) is 4.72 Å². The van der Waals surface area contributed by atoms with Crippen LogP contribution in [0.5, 0.6) is 0 Å². The third kappa shape index (κ3) is 4.49. The standard InChI is InChI=1S/C14H19FN2O3S/c1-3-11(4-2)13(18)9-17-21(19,20)14-6-5-10(8-16)7-12(14)15/h5-7,11,13,17-18H,3-4,9H2,1-2H3. The lowest BCUT2D eigenvalue weighted by molar-refractivity contribution is 0.107. The van der Waals surface area contributed by atoms with Gasteiger partial charge in [0.15, 0.2) is 0 Å². The molecule has 2 N–H and O–H groups in total. The zero-order valence-corrected chi connectivity index (χ0v) is 12.8. The number of sulfonamides is 1. The highest BCUT2D eigenvalue weighted by Crippen LogP contribution is 2.17. The maximum atomic E-state index is 13.7. The SMILES string of the molecule is CCC(CC)C(O)CNS(=O)(=O)c1ccc(C#N)cc1F. The molecular formula is C14H19FN2O3S. The highest BCUT2D eigenvalue weighted by atomic mass is 32.2. The highest BCUT2D eigenvalue weighted by Gasteiger charge is 2.22. The van der Waals surface area contributed by atoms with E-state index in [1.165, 1.54) is 6.07 Å². The van der Waals surface area contributed by atoms with Gasteiger partial charge < -0.3 is 5.11 Å². The van der Waals surface area contributed by atoms with Crippen LogP contribution in [0.1, 0.15) is 32.3 Å². The lowest BCUT2D eigenvalue weighted by Gasteiger charge is -2.20. The van der Waals surface area contributed by atoms with Crippen LogP contribution in [0.15, 0.2) is 23.1 Å². The average molecular weight is 314 g/mol. The fourth-order valence-corrected chi connectivity index (χ4v) is 3.17. The summed E-state index contributed by atoms with van der Waals surface area (Å²) in [6.07, 6.45) is 0.631. The van der Waals surface area contributed by atoms with Crippen molar-refractivity contribution in [3.05, 3.63) is 29.6 Å². The van der Waals surface area contributed by atoms with Crippen LogP contribution in [0, 0.1) is 23.1 Å². The van der Waals surface area contributed by atoms with Gasteiger partial charge in [0.2, 0.25) is 10.0 Å². The molecule has 1 unspecified atom stereocenters. The average Bonchev–Trinajstić information content (AvgIpc) is 2.46. The number of benzene rings is 1. The summed E-state index contributed by atoms with van der Waals surface area (Å²) in [5.74, 6) is -1.00. The molecular weight excluding hydrogens is 295 g/mol. The Labute approximate surface area is 124 Å². The third-order valence-corrected chi connectivity index (χ3v) is 4.88. The molecule has 0 radical (unpaired) electrons. The Balaban J connectivity index is 2.86. The van der Waals surface area contributed by atoms with E-state index in [0.29, 0.717) is 0 Å². The van der Waals surface area contributed by atoms with Gasteiger partial charge in [-0.2, -0.15) is 5.26 Å². The molecule has 0 aromatic heterocycles. The largest absolute Gasteiger partial charge is 0.391 e. The quantitative estimate of drug-likeness (QED) is 0.802. The zero-order chi connectivity index (χ0) is 16.0. The molecule has 1 rings (SSSR count). The molecule has 5 nitrogen and oxygen atoms in total. The summed E-state index contributed by atoms with van der Waals surface area (Å²) in [6.45, 7) is 3.65. The van der Waals surface area contributed by atoms with Crippen molar-refractivity contribution in [1.82, 2.24) is 4.72 Å². The summed E-state index contributed by atoms with van der Waals surface area (Å²) < 4.78 is 39.9. The first-order valence-electron chi connectivity index (χ1n) is 6.73. The topological polar surface area (TPSA) is 90.2 Å². The fourth-order valence-electron chi connectivity index (χ4n) is 2.06. The third-order valence-electron chi connectivity index (χ3n) is 3.43. The molecule has 0 saturated carbocycles. The van der Waals surface area contributed by atoms with Crippen LogP contribution in [0.2, 0.25) is 0 Å². The first-order valence-corrected chi connectivity index (χ1v) is 8.21. The molecule has 0 aliphatic carbocycles. The number of nitriles is 1. The zero-order valence-electron chi connectivity index (χ0n) is 12.0. The number of aliphatic hydroxyl groups excluding tert-OH is 1. The number of rotatable bonds is 7. The summed E-state index contributed by atoms with van der Waals surface area (Å²) in [6, 6.07) is 4.87. The van der Waals surface area contributed by atoms with Crippen LogP contribution in [0.3, 0.4) is 0 Å². The van der Waals surface area contributed by atoms with E-state index >= 15 is 0 Å². The van der Waals surface area contributed by atoms with E-state index < -0.39 is 26.8 Å². The second kappa shape index (κ2) is 7.50. The van der Waals surface area contributed by atoms with Gasteiger partial charge in [-0.3, -0.25) is 0 Å². The maximum Gasteiger partial charge on any atom is 0.243 e. The highest BCUT2D eigenvalue weighted by molar-refractivity contribution is 7.89. The van der Waals surface area contributed by atoms with Crippen LogP contribution in [-0.2, 0) is 10.0 Å². The maximum absolute atomic E-state index is 13.7. The van der Waals surface area contributed by atoms with Gasteiger partial charge in [0, 0.05) is 6.54 Å². The number of aliphatic hydroxyl groups is 1. The Morgan fingerprint density at radius 1 is 1.38 bits per heavy atom. The lowest BCUT2D eigenvalue weighted by atomic mass is 9.97. The molecule has 1 aromatic carbocycles. The summed E-state index contributed by atoms with van der Waals surface area (Å²) in [5, 5.41) is 18.5. The molecule has 0 fully saturated rings. The van der Waals surface area contributed by atoms with Gasteiger partial charge in [-0.1, -0.05) is 26.7 Å². The van der Waals surface area contributed by atoms with Gasteiger partial charge in [-0.25, -0.2) is 17.5 Å². The van der Waals surface area contributed by atoms with Crippen LogP contribution in [0.4, 0.5) is 4.39 Å². The summed E-state index contributed by atoms with van der Waals surface area (Å²) in [7, 11) is -4.06. The van der Waals surface area contributed by atoms with Gasteiger partial charge in [0.25, 0.3) is 0 Å². The Morgan fingerprint density at radius 3 is 2.48 bits per heavy atom. The van der Waals surface area contributed by atoms with Gasteiger partial charge in [0.05, 0.1) is 17.7 Å². The smallest absolute Gasteiger partial charge is 0.243 e. The molecule has 0 heterocycles. The van der Waals surface area contributed by atoms with E-state index in [9.17, 15) is 17.9 Å². The lowest BCUT2D eigenvalue weighted by Crippen LogP contribution is -2.36. The van der Waals surface area contributed by atoms with Crippen molar-refractivity contribution in [1.29, 1.82) is 5.26 Å². The molecule has 0 aliphatic rings. The van der Waals surface area contributed by atoms with E-state index in [4.69, 9.17) is 5.26 Å². The Kier molecular flexibility index (Phi) is 6.27. The van der Waals surface area contributed by atoms with Crippen LogP contribution in [-0.4, -0.2) is 26.2 Å². The van der Waals surface area contributed by atoms with Crippen molar-refractivity contribution in [2.45, 2.75) is 37.7 Å². The molecule has 21 heavy (non-hydrogen) atoms. The Morgan fingerprint density at radius 2 is 2.00 bits per heavy atom. The molecule has 0 aliphatic heterocycles. The fraction of sp³-hybridized carbons (Fsp3) is 0.500. The van der Waals surface area contributed by atoms with Gasteiger partial charge in [0.1, 0.15) is 10.7 Å². The second-order valence-electron chi connectivity index (χ2n) is 4.75. The van der Waals surface area contributed by atoms with Crippen molar-refractivity contribution < 1.29 is 17.9 Å². The predicted octanol–water partition coefficient (Wildman–Crippen LogP) is 1.77. The number of nitrogens with one attached hydrogen (secondary N) is 1. The first-order chi connectivity index (χ1) is 9.85. The molecule has 0 bridgehead atoms. The number of halogens is 1. The minimum Gasteiger partial charge on any atom is -0.391 e. The summed E-state index contributed by atoms with van der Waals surface area (Å²) in [4.78, 5) is -0.529. The van der Waals surface area contributed by atoms with E-state index in [-0.39, 0.29) is 18.0 Å². The van der Waals surface area contributed by atoms with E-state index in [0.717, 1.165) is 25.0 Å². The molecule has 1 atom stereocenters. The predicted molar refractivity (Wildman–Crippen MR) is 76.4 cm³/mol. The molecule has 0 amide bonds. The van der Waals surface area contributed by atoms with Crippen molar-refractivity contribution in [2.24, 2.45) is 5.92 Å². The van der Waals surface area contributed by atoms with Gasteiger partial charge in [-0.15, -0.1) is 0 Å². The Hall–Kier alpha value is -1.49. The second-order valence-corrected chi connectivity index (χ2v) is 6.49. The monoisotopic (exact) mass is 314 g/mol. The molecule has 116 valence electrons. The van der Waals surface area contributed by atoms with Crippen molar-refractivity contribution >= 4 is 10.0 Å². The van der Waals surface area contributed by atoms with E-state index in [1.807, 2.05) is 13.8 Å². The van der Waals surface area contributed by atoms with E-state index in [1.54, 1.807) is 6.07 Å². The minimum absolute atomic E-state index is 0.0153. The number of hydrogen-bond donors (Lipinski definition) is 2. The van der Waals surface area contributed by atoms with Gasteiger partial charge in [-0.05, 0) is 24.1 Å². The number of nitrogens with zero attached hydrogens (tertiary/aromatic N) is 1. The molecule has 7 heteroatoms. The minimum atomic E-state index is -4.06. The van der Waals surface area contributed by atoms with Crippen LogP contribution in [0.25, 0.3) is 0 Å². The molecule has 0 saturated heterocycles. The number of hydrogen-bond acceptors (Lipinski definition) is 4. The Bertz CT molecular complexity index is 622. The molecule has 1 aromatic rings. The normalized spacial score (nSPS) is 13.1.